The molecule has 3 nitrogen and oxygen atoms in total. The average molecular weight is 253 g/mol. The van der Waals surface area contributed by atoms with Gasteiger partial charge in [0.2, 0.25) is 5.91 Å². The lowest BCUT2D eigenvalue weighted by molar-refractivity contribution is -0.126. The van der Waals surface area contributed by atoms with Gasteiger partial charge in [0.25, 0.3) is 0 Å². The standard InChI is InChI=1S/C15H27NO2/c17-10-9-12-5-7-14(8-6-12)15(18)16-11-13-3-1-2-4-13/h12-14,17H,1-11H2,(H,16,18). The first-order valence-electron chi connectivity index (χ1n) is 7.68. The van der Waals surface area contributed by atoms with Gasteiger partial charge in [-0.15, -0.1) is 0 Å². The van der Waals surface area contributed by atoms with E-state index in [0.717, 1.165) is 44.6 Å². The van der Waals surface area contributed by atoms with Crippen LogP contribution >= 0.6 is 0 Å². The highest BCUT2D eigenvalue weighted by Gasteiger charge is 2.26. The maximum absolute atomic E-state index is 12.1. The van der Waals surface area contributed by atoms with Gasteiger partial charge in [-0.05, 0) is 56.8 Å². The van der Waals surface area contributed by atoms with E-state index in [4.69, 9.17) is 5.11 Å². The van der Waals surface area contributed by atoms with Crippen LogP contribution in [0.15, 0.2) is 0 Å². The van der Waals surface area contributed by atoms with E-state index in [9.17, 15) is 4.79 Å². The van der Waals surface area contributed by atoms with Crippen molar-refractivity contribution >= 4 is 5.91 Å². The molecule has 3 heteroatoms. The van der Waals surface area contributed by atoms with E-state index >= 15 is 0 Å². The van der Waals surface area contributed by atoms with Gasteiger partial charge < -0.3 is 10.4 Å². The maximum Gasteiger partial charge on any atom is 0.223 e. The molecule has 2 aliphatic carbocycles. The number of hydrogen-bond acceptors (Lipinski definition) is 2. The zero-order valence-electron chi connectivity index (χ0n) is 11.4. The summed E-state index contributed by atoms with van der Waals surface area (Å²) in [6.45, 7) is 1.19. The summed E-state index contributed by atoms with van der Waals surface area (Å²) < 4.78 is 0. The molecule has 2 saturated carbocycles. The molecule has 0 aromatic rings. The molecule has 18 heavy (non-hydrogen) atoms. The van der Waals surface area contributed by atoms with Crippen LogP contribution < -0.4 is 5.32 Å². The van der Waals surface area contributed by atoms with Gasteiger partial charge >= 0.3 is 0 Å². The highest BCUT2D eigenvalue weighted by atomic mass is 16.3. The Morgan fingerprint density at radius 1 is 1.00 bits per heavy atom. The molecule has 1 amide bonds. The van der Waals surface area contributed by atoms with Crippen LogP contribution in [0.25, 0.3) is 0 Å². The smallest absolute Gasteiger partial charge is 0.223 e. The number of nitrogens with one attached hydrogen (secondary N) is 1. The van der Waals surface area contributed by atoms with Crippen molar-refractivity contribution in [2.24, 2.45) is 17.8 Å². The van der Waals surface area contributed by atoms with Crippen LogP contribution in [0.5, 0.6) is 0 Å². The molecule has 0 aromatic heterocycles. The summed E-state index contributed by atoms with van der Waals surface area (Å²) in [5.74, 6) is 1.90. The minimum Gasteiger partial charge on any atom is -0.396 e. The van der Waals surface area contributed by atoms with Crippen molar-refractivity contribution in [2.75, 3.05) is 13.2 Å². The fourth-order valence-corrected chi connectivity index (χ4v) is 3.50. The van der Waals surface area contributed by atoms with Gasteiger partial charge in [-0.25, -0.2) is 0 Å². The summed E-state index contributed by atoms with van der Waals surface area (Å²) in [5, 5.41) is 12.1. The summed E-state index contributed by atoms with van der Waals surface area (Å²) in [6, 6.07) is 0. The summed E-state index contributed by atoms with van der Waals surface area (Å²) in [4.78, 5) is 12.1. The van der Waals surface area contributed by atoms with Gasteiger partial charge in [-0.2, -0.15) is 0 Å². The molecule has 2 aliphatic rings. The molecule has 0 atom stereocenters. The van der Waals surface area contributed by atoms with Gasteiger partial charge in [0.1, 0.15) is 0 Å². The van der Waals surface area contributed by atoms with Crippen LogP contribution in [0.4, 0.5) is 0 Å². The Morgan fingerprint density at radius 2 is 1.67 bits per heavy atom. The summed E-state index contributed by atoms with van der Waals surface area (Å²) in [7, 11) is 0. The van der Waals surface area contributed by atoms with E-state index in [-0.39, 0.29) is 11.8 Å². The van der Waals surface area contributed by atoms with Crippen molar-refractivity contribution in [3.8, 4) is 0 Å². The summed E-state index contributed by atoms with van der Waals surface area (Å²) in [5.41, 5.74) is 0. The Kier molecular flexibility index (Phi) is 5.48. The molecule has 0 unspecified atom stereocenters. The van der Waals surface area contributed by atoms with Crippen LogP contribution in [0, 0.1) is 17.8 Å². The number of hydrogen-bond donors (Lipinski definition) is 2. The molecule has 0 heterocycles. The largest absolute Gasteiger partial charge is 0.396 e. The zero-order valence-corrected chi connectivity index (χ0v) is 11.4. The van der Waals surface area contributed by atoms with E-state index in [0.29, 0.717) is 12.5 Å². The first kappa shape index (κ1) is 13.9. The molecule has 0 bridgehead atoms. The topological polar surface area (TPSA) is 49.3 Å². The fourth-order valence-electron chi connectivity index (χ4n) is 3.50. The van der Waals surface area contributed by atoms with Crippen molar-refractivity contribution in [2.45, 2.75) is 57.8 Å². The lowest BCUT2D eigenvalue weighted by Crippen LogP contribution is -2.35. The second-order valence-corrected chi connectivity index (χ2v) is 6.13. The molecular weight excluding hydrogens is 226 g/mol. The third kappa shape index (κ3) is 3.98. The van der Waals surface area contributed by atoms with E-state index in [1.807, 2.05) is 0 Å². The summed E-state index contributed by atoms with van der Waals surface area (Å²) in [6.07, 6.45) is 10.4. The predicted molar refractivity (Wildman–Crippen MR) is 72.1 cm³/mol. The van der Waals surface area contributed by atoms with E-state index in [2.05, 4.69) is 5.32 Å². The van der Waals surface area contributed by atoms with Gasteiger partial charge in [0.15, 0.2) is 0 Å². The molecule has 0 aliphatic heterocycles. The quantitative estimate of drug-likeness (QED) is 0.791. The molecule has 0 aromatic carbocycles. The average Bonchev–Trinajstić information content (AvgIpc) is 2.90. The second-order valence-electron chi connectivity index (χ2n) is 6.13. The lowest BCUT2D eigenvalue weighted by Gasteiger charge is -2.27. The number of aliphatic hydroxyl groups is 1. The van der Waals surface area contributed by atoms with Crippen LogP contribution in [-0.4, -0.2) is 24.2 Å². The second kappa shape index (κ2) is 7.13. The van der Waals surface area contributed by atoms with Crippen LogP contribution in [-0.2, 0) is 4.79 Å². The van der Waals surface area contributed by atoms with Crippen molar-refractivity contribution in [1.82, 2.24) is 5.32 Å². The van der Waals surface area contributed by atoms with Crippen molar-refractivity contribution in [1.29, 1.82) is 0 Å². The van der Waals surface area contributed by atoms with E-state index in [1.165, 1.54) is 25.7 Å². The Labute approximate surface area is 110 Å². The molecule has 0 radical (unpaired) electrons. The highest BCUT2D eigenvalue weighted by Crippen LogP contribution is 2.31. The zero-order chi connectivity index (χ0) is 12.8. The number of aliphatic hydroxyl groups excluding tert-OH is 1. The lowest BCUT2D eigenvalue weighted by atomic mass is 9.80. The number of amides is 1. The SMILES string of the molecule is O=C(NCC1CCCC1)C1CCC(CCO)CC1. The minimum absolute atomic E-state index is 0.237. The predicted octanol–water partition coefficient (Wildman–Crippen LogP) is 2.48. The van der Waals surface area contributed by atoms with Gasteiger partial charge in [-0.3, -0.25) is 4.79 Å². The van der Waals surface area contributed by atoms with Crippen molar-refractivity contribution in [3.63, 3.8) is 0 Å². The third-order valence-corrected chi connectivity index (χ3v) is 4.79. The first-order chi connectivity index (χ1) is 8.79. The molecular formula is C15H27NO2. The molecule has 0 saturated heterocycles. The van der Waals surface area contributed by atoms with Crippen LogP contribution in [0.2, 0.25) is 0 Å². The fraction of sp³-hybridized carbons (Fsp3) is 0.933. The molecule has 104 valence electrons. The Morgan fingerprint density at radius 3 is 2.28 bits per heavy atom. The number of carbonyl (C=O) groups excluding carboxylic acids is 1. The monoisotopic (exact) mass is 253 g/mol. The number of rotatable bonds is 5. The Hall–Kier alpha value is -0.570. The maximum atomic E-state index is 12.1. The van der Waals surface area contributed by atoms with Crippen molar-refractivity contribution in [3.05, 3.63) is 0 Å². The normalized spacial score (nSPS) is 29.4. The third-order valence-electron chi connectivity index (χ3n) is 4.79. The summed E-state index contributed by atoms with van der Waals surface area (Å²) >= 11 is 0. The Bertz CT molecular complexity index is 253. The van der Waals surface area contributed by atoms with Crippen LogP contribution in [0.3, 0.4) is 0 Å². The highest BCUT2D eigenvalue weighted by molar-refractivity contribution is 5.78. The van der Waals surface area contributed by atoms with Crippen molar-refractivity contribution < 1.29 is 9.90 Å². The van der Waals surface area contributed by atoms with Gasteiger partial charge in [-0.1, -0.05) is 12.8 Å². The molecule has 2 fully saturated rings. The first-order valence-corrected chi connectivity index (χ1v) is 7.68. The Balaban J connectivity index is 1.64. The molecule has 2 N–H and O–H groups in total. The van der Waals surface area contributed by atoms with Gasteiger partial charge in [0.05, 0.1) is 0 Å². The van der Waals surface area contributed by atoms with E-state index < -0.39 is 0 Å². The van der Waals surface area contributed by atoms with Crippen LogP contribution in [0.1, 0.15) is 57.8 Å². The molecule has 0 spiro atoms. The number of carbonyl (C=O) groups is 1. The van der Waals surface area contributed by atoms with E-state index in [1.54, 1.807) is 0 Å². The molecule has 2 rings (SSSR count). The minimum atomic E-state index is 0.237. The van der Waals surface area contributed by atoms with Gasteiger partial charge in [0, 0.05) is 19.1 Å².